The lowest BCUT2D eigenvalue weighted by atomic mass is 9.99. The molecule has 0 aliphatic carbocycles. The molecule has 0 aromatic carbocycles. The lowest BCUT2D eigenvalue weighted by Gasteiger charge is -2.28. The molecular weight excluding hydrogens is 208 g/mol. The normalized spacial score (nSPS) is 15.4. The zero-order valence-electron chi connectivity index (χ0n) is 10.9. The van der Waals surface area contributed by atoms with E-state index in [1.807, 2.05) is 27.7 Å². The fourth-order valence-electron chi connectivity index (χ4n) is 1.13. The summed E-state index contributed by atoms with van der Waals surface area (Å²) >= 11 is 0. The molecule has 16 heavy (non-hydrogen) atoms. The molecule has 0 bridgehead atoms. The topological polar surface area (TPSA) is 73.6 Å². The summed E-state index contributed by atoms with van der Waals surface area (Å²) in [5.41, 5.74) is 5.00. The standard InChI is InChI=1S/C11H24N2O3/c1-6-11(12,8-15-5)7-13-9(14)16-10(2,3)4/h6-8,12H2,1-5H3,(H,13,14). The maximum absolute atomic E-state index is 11.4. The van der Waals surface area contributed by atoms with E-state index in [2.05, 4.69) is 5.32 Å². The first kappa shape index (κ1) is 15.2. The summed E-state index contributed by atoms with van der Waals surface area (Å²) < 4.78 is 10.1. The molecule has 0 saturated heterocycles. The van der Waals surface area contributed by atoms with Gasteiger partial charge in [0.2, 0.25) is 0 Å². The van der Waals surface area contributed by atoms with Crippen LogP contribution in [0, 0.1) is 0 Å². The van der Waals surface area contributed by atoms with Crippen LogP contribution in [0.1, 0.15) is 34.1 Å². The van der Waals surface area contributed by atoms with Crippen molar-refractivity contribution in [2.45, 2.75) is 45.3 Å². The van der Waals surface area contributed by atoms with Gasteiger partial charge in [0, 0.05) is 13.7 Å². The molecule has 5 nitrogen and oxygen atoms in total. The highest BCUT2D eigenvalue weighted by Gasteiger charge is 2.24. The Morgan fingerprint density at radius 3 is 2.31 bits per heavy atom. The minimum Gasteiger partial charge on any atom is -0.444 e. The van der Waals surface area contributed by atoms with Crippen molar-refractivity contribution in [3.05, 3.63) is 0 Å². The van der Waals surface area contributed by atoms with Crippen molar-refractivity contribution in [1.82, 2.24) is 5.32 Å². The molecule has 0 saturated carbocycles. The molecule has 1 amide bonds. The third kappa shape index (κ3) is 6.63. The SMILES string of the molecule is CCC(N)(CNC(=O)OC(C)(C)C)COC. The lowest BCUT2D eigenvalue weighted by Crippen LogP contribution is -2.53. The van der Waals surface area contributed by atoms with Gasteiger partial charge in [0.25, 0.3) is 0 Å². The van der Waals surface area contributed by atoms with E-state index in [-0.39, 0.29) is 0 Å². The summed E-state index contributed by atoms with van der Waals surface area (Å²) in [4.78, 5) is 11.4. The maximum Gasteiger partial charge on any atom is 0.407 e. The molecular formula is C11H24N2O3. The molecule has 0 spiro atoms. The van der Waals surface area contributed by atoms with E-state index in [9.17, 15) is 4.79 Å². The largest absolute Gasteiger partial charge is 0.444 e. The van der Waals surface area contributed by atoms with E-state index >= 15 is 0 Å². The smallest absolute Gasteiger partial charge is 0.407 e. The number of rotatable bonds is 5. The van der Waals surface area contributed by atoms with Gasteiger partial charge in [0.1, 0.15) is 5.60 Å². The number of hydrogen-bond acceptors (Lipinski definition) is 4. The predicted molar refractivity (Wildman–Crippen MR) is 63.3 cm³/mol. The molecule has 0 aromatic rings. The molecule has 96 valence electrons. The predicted octanol–water partition coefficient (Wildman–Crippen LogP) is 1.26. The van der Waals surface area contributed by atoms with E-state index in [4.69, 9.17) is 15.2 Å². The average molecular weight is 232 g/mol. The van der Waals surface area contributed by atoms with Gasteiger partial charge in [-0.05, 0) is 27.2 Å². The van der Waals surface area contributed by atoms with E-state index in [0.29, 0.717) is 13.2 Å². The first-order valence-corrected chi connectivity index (χ1v) is 5.47. The van der Waals surface area contributed by atoms with Crippen molar-refractivity contribution < 1.29 is 14.3 Å². The van der Waals surface area contributed by atoms with Gasteiger partial charge >= 0.3 is 6.09 Å². The second-order valence-corrected chi connectivity index (χ2v) is 5.00. The van der Waals surface area contributed by atoms with Gasteiger partial charge in [-0.2, -0.15) is 0 Å². The molecule has 0 aromatic heterocycles. The zero-order chi connectivity index (χ0) is 12.8. The highest BCUT2D eigenvalue weighted by atomic mass is 16.6. The minimum absolute atomic E-state index is 0.340. The Balaban J connectivity index is 4.07. The molecule has 0 radical (unpaired) electrons. The Hall–Kier alpha value is -0.810. The molecule has 5 heteroatoms. The van der Waals surface area contributed by atoms with E-state index < -0.39 is 17.2 Å². The third-order valence-corrected chi connectivity index (χ3v) is 2.12. The number of amides is 1. The van der Waals surface area contributed by atoms with Gasteiger partial charge in [-0.25, -0.2) is 4.79 Å². The highest BCUT2D eigenvalue weighted by Crippen LogP contribution is 2.08. The first-order valence-electron chi connectivity index (χ1n) is 5.47. The quantitative estimate of drug-likeness (QED) is 0.748. The van der Waals surface area contributed by atoms with Crippen molar-refractivity contribution in [3.63, 3.8) is 0 Å². The molecule has 0 aliphatic rings. The van der Waals surface area contributed by atoms with Crippen LogP contribution in [-0.2, 0) is 9.47 Å². The average Bonchev–Trinajstić information content (AvgIpc) is 2.13. The number of carbonyl (C=O) groups is 1. The van der Waals surface area contributed by atoms with E-state index in [0.717, 1.165) is 6.42 Å². The summed E-state index contributed by atoms with van der Waals surface area (Å²) in [6, 6.07) is 0. The van der Waals surface area contributed by atoms with Gasteiger partial charge in [-0.15, -0.1) is 0 Å². The fourth-order valence-corrected chi connectivity index (χ4v) is 1.13. The Bertz CT molecular complexity index is 226. The zero-order valence-corrected chi connectivity index (χ0v) is 10.9. The molecule has 1 atom stereocenters. The number of carbonyl (C=O) groups excluding carboxylic acids is 1. The second-order valence-electron chi connectivity index (χ2n) is 5.00. The van der Waals surface area contributed by atoms with Crippen LogP contribution in [0.25, 0.3) is 0 Å². The minimum atomic E-state index is -0.536. The molecule has 0 rings (SSSR count). The van der Waals surface area contributed by atoms with Crippen molar-refractivity contribution >= 4 is 6.09 Å². The van der Waals surface area contributed by atoms with Gasteiger partial charge in [-0.1, -0.05) is 6.92 Å². The van der Waals surface area contributed by atoms with Crippen molar-refractivity contribution in [2.24, 2.45) is 5.73 Å². The fraction of sp³-hybridized carbons (Fsp3) is 0.909. The Morgan fingerprint density at radius 1 is 1.38 bits per heavy atom. The van der Waals surface area contributed by atoms with Crippen LogP contribution in [0.3, 0.4) is 0 Å². The van der Waals surface area contributed by atoms with Crippen LogP contribution in [0.5, 0.6) is 0 Å². The van der Waals surface area contributed by atoms with Crippen molar-refractivity contribution in [2.75, 3.05) is 20.3 Å². The van der Waals surface area contributed by atoms with E-state index in [1.54, 1.807) is 7.11 Å². The van der Waals surface area contributed by atoms with E-state index in [1.165, 1.54) is 0 Å². The first-order chi connectivity index (χ1) is 7.22. The number of nitrogens with two attached hydrogens (primary N) is 1. The summed E-state index contributed by atoms with van der Waals surface area (Å²) in [6.45, 7) is 8.15. The van der Waals surface area contributed by atoms with Crippen LogP contribution in [0.15, 0.2) is 0 Å². The number of nitrogens with one attached hydrogen (secondary N) is 1. The number of methoxy groups -OCH3 is 1. The molecule has 0 aliphatic heterocycles. The Kier molecular flexibility index (Phi) is 5.75. The van der Waals surface area contributed by atoms with Crippen LogP contribution < -0.4 is 11.1 Å². The number of hydrogen-bond donors (Lipinski definition) is 2. The molecule has 0 fully saturated rings. The summed E-state index contributed by atoms with van der Waals surface area (Å²) in [6.07, 6.45) is 0.267. The van der Waals surface area contributed by atoms with Crippen LogP contribution in [-0.4, -0.2) is 37.5 Å². The van der Waals surface area contributed by atoms with Gasteiger partial charge < -0.3 is 20.5 Å². The monoisotopic (exact) mass is 232 g/mol. The molecule has 1 unspecified atom stereocenters. The summed E-state index contributed by atoms with van der Waals surface area (Å²) in [5, 5.41) is 2.65. The van der Waals surface area contributed by atoms with Crippen molar-refractivity contribution in [3.8, 4) is 0 Å². The van der Waals surface area contributed by atoms with Crippen molar-refractivity contribution in [1.29, 1.82) is 0 Å². The number of ether oxygens (including phenoxy) is 2. The maximum atomic E-state index is 11.4. The third-order valence-electron chi connectivity index (χ3n) is 2.12. The molecule has 3 N–H and O–H groups in total. The van der Waals surface area contributed by atoms with Gasteiger partial charge in [0.05, 0.1) is 12.1 Å². The van der Waals surface area contributed by atoms with Gasteiger partial charge in [-0.3, -0.25) is 0 Å². The summed E-state index contributed by atoms with van der Waals surface area (Å²) in [5.74, 6) is 0. The highest BCUT2D eigenvalue weighted by molar-refractivity contribution is 5.67. The van der Waals surface area contributed by atoms with Crippen LogP contribution in [0.4, 0.5) is 4.79 Å². The number of alkyl carbamates (subject to hydrolysis) is 1. The lowest BCUT2D eigenvalue weighted by molar-refractivity contribution is 0.0493. The van der Waals surface area contributed by atoms with Crippen LogP contribution >= 0.6 is 0 Å². The molecule has 0 heterocycles. The Labute approximate surface area is 97.7 Å². The van der Waals surface area contributed by atoms with Crippen LogP contribution in [0.2, 0.25) is 0 Å². The summed E-state index contributed by atoms with van der Waals surface area (Å²) in [7, 11) is 1.59. The van der Waals surface area contributed by atoms with Gasteiger partial charge in [0.15, 0.2) is 0 Å². The Morgan fingerprint density at radius 2 is 1.94 bits per heavy atom. The second kappa shape index (κ2) is 6.06.